The number of fused-ring (bicyclic) bond motifs is 3. The first kappa shape index (κ1) is 126. The number of thiophene rings is 3. The summed E-state index contributed by atoms with van der Waals surface area (Å²) in [5.41, 5.74) is 26.5. The molecule has 0 saturated heterocycles. The van der Waals surface area contributed by atoms with Crippen LogP contribution >= 0.6 is 34.0 Å². The number of carboxylic acids is 6. The van der Waals surface area contributed by atoms with Crippen molar-refractivity contribution in [3.8, 4) is 17.2 Å². The van der Waals surface area contributed by atoms with Crippen LogP contribution in [0.4, 0.5) is 110 Å². The van der Waals surface area contributed by atoms with Crippen molar-refractivity contribution >= 4 is 153 Å². The summed E-state index contributed by atoms with van der Waals surface area (Å²) in [5, 5.41) is 90.9. The van der Waals surface area contributed by atoms with E-state index in [-0.39, 0.29) is 42.7 Å². The van der Waals surface area contributed by atoms with Gasteiger partial charge in [0.1, 0.15) is 54.6 Å². The number of nitrogen functional groups attached to an aromatic ring is 3. The summed E-state index contributed by atoms with van der Waals surface area (Å²) < 4.78 is 235. The molecule has 6 aromatic carbocycles. The van der Waals surface area contributed by atoms with Gasteiger partial charge in [-0.15, -0.1) is 34.0 Å². The Bertz CT molecular complexity index is 6420. The van der Waals surface area contributed by atoms with Crippen LogP contribution < -0.4 is 47.4 Å². The van der Waals surface area contributed by atoms with Crippen molar-refractivity contribution in [1.29, 1.82) is 16.2 Å². The Morgan fingerprint density at radius 2 is 0.647 bits per heavy atom. The van der Waals surface area contributed by atoms with Crippen LogP contribution in [0.25, 0.3) is 30.3 Å². The number of nitrogens with zero attached hydrogens (tertiary/aromatic N) is 6. The Morgan fingerprint density at radius 3 is 0.913 bits per heavy atom. The number of unbranched alkanes of at least 4 members (excludes halogenated alkanes) is 2. The number of nitrogens with two attached hydrogens (primary N) is 3. The summed E-state index contributed by atoms with van der Waals surface area (Å²) in [6.07, 6.45) is -28.9. The summed E-state index contributed by atoms with van der Waals surface area (Å²) in [5.74, 6) is -14.6. The molecule has 0 bridgehead atoms. The summed E-state index contributed by atoms with van der Waals surface area (Å²) in [6.45, 7) is 18.9. The van der Waals surface area contributed by atoms with Gasteiger partial charge in [-0.05, 0) is 118 Å². The maximum Gasteiger partial charge on any atom is 0.490 e. The molecule has 12 aromatic rings. The molecule has 3 unspecified atom stereocenters. The molecule has 3 atom stereocenters. The fraction of sp³-hybridized carbons (Fsp3) is 0.323. The van der Waals surface area contributed by atoms with Gasteiger partial charge in [-0.3, -0.25) is 46.2 Å². The zero-order valence-corrected chi connectivity index (χ0v) is 82.9. The number of halogens is 18. The van der Waals surface area contributed by atoms with Crippen LogP contribution in [0.3, 0.4) is 0 Å². The minimum atomic E-state index is -5.08. The number of anilines is 3. The van der Waals surface area contributed by atoms with E-state index in [2.05, 4.69) is 45.1 Å². The lowest BCUT2D eigenvalue weighted by Crippen LogP contribution is -2.23. The monoisotopic (exact) mass is 2200 g/mol. The number of aliphatic carboxylic acids is 6. The molecule has 6 aromatic heterocycles. The SMILES string of the molecule is CCCCc1nn(C)c(C)c1NC(=O)OCC(Oc1cccc2sc(C(=N)N)cc12)c1ccccc1.CCCCn1nc(C)c(NC(=O)OCC(Oc2cccc3sc(C(=N)N)cc23)c2ccccc2)c1C.Cc1c(NC(=O)OCC(Oc2cccc3sc(C(=N)N)cc23)c2ccccc2)c(C(C)(C)C)nn1C.O=C(O)C(F)(F)F.O=C(O)C(F)(F)F.O=C(O)C(F)(F)F.O=C(O)C(F)(F)F.O=C(O)C(F)(F)F.O=C(O)C(F)(F)F. The Labute approximate surface area is 851 Å². The third-order valence-corrected chi connectivity index (χ3v) is 22.6. The van der Waals surface area contributed by atoms with Crippen molar-refractivity contribution in [2.45, 2.75) is 162 Å². The molecule has 18 N–H and O–H groups in total. The molecule has 0 aliphatic rings. The van der Waals surface area contributed by atoms with E-state index in [4.69, 9.17) is 121 Å². The van der Waals surface area contributed by atoms with Crippen molar-refractivity contribution in [2.24, 2.45) is 31.3 Å². The van der Waals surface area contributed by atoms with Gasteiger partial charge in [-0.2, -0.15) is 94.3 Å². The average molecular weight is 2200 g/mol. The molecule has 150 heavy (non-hydrogen) atoms. The van der Waals surface area contributed by atoms with Crippen molar-refractivity contribution < 1.29 is 181 Å². The van der Waals surface area contributed by atoms with E-state index in [1.54, 1.807) is 9.36 Å². The van der Waals surface area contributed by atoms with Gasteiger partial charge in [-0.25, -0.2) is 43.2 Å². The highest BCUT2D eigenvalue weighted by Crippen LogP contribution is 2.41. The largest absolute Gasteiger partial charge is 0.490 e. The summed E-state index contributed by atoms with van der Waals surface area (Å²) in [7, 11) is 3.71. The van der Waals surface area contributed by atoms with E-state index in [1.807, 2.05) is 231 Å². The number of nitrogens with one attached hydrogen (secondary N) is 6. The molecule has 0 fully saturated rings. The number of aromatic nitrogens is 6. The second-order valence-electron chi connectivity index (χ2n) is 31.6. The van der Waals surface area contributed by atoms with E-state index in [1.165, 1.54) is 34.0 Å². The Balaban J connectivity index is 0.000000391. The normalized spacial score (nSPS) is 11.8. The number of ether oxygens (including phenoxy) is 6. The van der Waals surface area contributed by atoms with Crippen LogP contribution in [-0.4, -0.2) is 188 Å². The lowest BCUT2D eigenvalue weighted by atomic mass is 9.91. The number of hydrogen-bond acceptors (Lipinski definition) is 24. The highest BCUT2D eigenvalue weighted by atomic mass is 32.1. The first-order chi connectivity index (χ1) is 69.4. The predicted molar refractivity (Wildman–Crippen MR) is 515 cm³/mol. The van der Waals surface area contributed by atoms with Gasteiger partial charge in [0, 0.05) is 56.3 Å². The van der Waals surface area contributed by atoms with Gasteiger partial charge in [0.15, 0.2) is 18.3 Å². The number of benzene rings is 6. The number of amidine groups is 3. The molecule has 816 valence electrons. The third kappa shape index (κ3) is 41.0. The van der Waals surface area contributed by atoms with Crippen LogP contribution in [0, 0.1) is 43.9 Å². The molecule has 0 aliphatic heterocycles. The Hall–Kier alpha value is -16.0. The fourth-order valence-electron chi connectivity index (χ4n) is 11.8. The number of rotatable bonds is 27. The lowest BCUT2D eigenvalue weighted by molar-refractivity contribution is -0.193. The smallest absolute Gasteiger partial charge is 0.481 e. The van der Waals surface area contributed by atoms with Gasteiger partial charge < -0.3 is 76.3 Å². The van der Waals surface area contributed by atoms with Gasteiger partial charge in [0.2, 0.25) is 0 Å². The standard InChI is InChI=1S/3C27H31N5O3S.6C2HF3O2/c1-16-23(24(27(2,3)4)31-32(16)5)30-26(33)34-15-20(17-10-7-6-8-11-17)35-19-12-9-13-21-18(19)14-22(36-21)25(28)29;1-4-5-14-32-18(3)25(17(2)31-32)30-27(33)34-16-22(19-10-7-6-8-11-19)35-21-12-9-13-23-20(21)15-24(36-23)26(28)29;1-4-5-12-20-25(17(2)32(3)31-20)30-27(33)34-16-22(18-10-7-6-8-11-18)35-21-13-9-14-23-19(21)15-24(36-23)26(28)29;6*3-2(4,5)1(6)7/h6-14,20H,15H2,1-5H3,(H3,28,29)(H,30,33);6-13,15,22H,4-5,14,16H2,1-3H3,(H3,28,29)(H,30,33);6-11,13-15,22H,4-5,12,16H2,1-3H3,(H3,28,29)(H,30,33);6*(H,6,7). The topological polar surface area (TPSA) is 570 Å². The van der Waals surface area contributed by atoms with Crippen molar-refractivity contribution in [3.63, 3.8) is 0 Å². The van der Waals surface area contributed by atoms with E-state index in [0.717, 1.165) is 120 Å². The molecule has 57 heteroatoms. The predicted octanol–water partition coefficient (Wildman–Crippen LogP) is 21.8. The third-order valence-electron chi connectivity index (χ3n) is 19.2. The van der Waals surface area contributed by atoms with Gasteiger partial charge in [0.05, 0.1) is 65.9 Å². The molecular formula is C93H99F18N15O21S3. The molecule has 12 rings (SSSR count). The number of carboxylic acid groups (broad SMARTS) is 6. The summed E-state index contributed by atoms with van der Waals surface area (Å²) in [4.78, 5) is 93.9. The first-order valence-electron chi connectivity index (χ1n) is 42.9. The maximum atomic E-state index is 12.9. The van der Waals surface area contributed by atoms with Crippen molar-refractivity contribution in [3.05, 3.63) is 229 Å². The number of carbonyl (C=O) groups excluding carboxylic acids is 3. The minimum absolute atomic E-state index is 0.0000971. The van der Waals surface area contributed by atoms with E-state index >= 15 is 0 Å². The molecule has 6 heterocycles. The van der Waals surface area contributed by atoms with E-state index in [9.17, 15) is 93.4 Å². The molecule has 0 saturated carbocycles. The average Bonchev–Trinajstić information content (AvgIpc) is 1.63. The highest BCUT2D eigenvalue weighted by Gasteiger charge is 2.42. The van der Waals surface area contributed by atoms with Crippen LogP contribution in [-0.2, 0) is 75.5 Å². The zero-order chi connectivity index (χ0) is 114. The molecule has 3 amide bonds. The molecule has 0 aliphatic carbocycles. The molecule has 0 spiro atoms. The van der Waals surface area contributed by atoms with E-state index < -0.39 is 109 Å². The second-order valence-corrected chi connectivity index (χ2v) is 34.8. The molecular weight excluding hydrogens is 2100 g/mol. The van der Waals surface area contributed by atoms with Gasteiger partial charge in [-0.1, -0.05) is 157 Å². The minimum Gasteiger partial charge on any atom is -0.481 e. The first-order valence-corrected chi connectivity index (χ1v) is 45.4. The highest BCUT2D eigenvalue weighted by molar-refractivity contribution is 7.21. The summed E-state index contributed by atoms with van der Waals surface area (Å²) >= 11 is 4.31. The summed E-state index contributed by atoms with van der Waals surface area (Å²) in [6, 6.07) is 51.7. The Morgan fingerprint density at radius 1 is 0.380 bits per heavy atom. The van der Waals surface area contributed by atoms with Crippen molar-refractivity contribution in [1.82, 2.24) is 29.3 Å². The maximum absolute atomic E-state index is 12.9. The van der Waals surface area contributed by atoms with Gasteiger partial charge >= 0.3 is 91.2 Å². The quantitative estimate of drug-likeness (QED) is 0.00984. The number of aryl methyl sites for hydroxylation is 5. The second kappa shape index (κ2) is 56.2. The van der Waals surface area contributed by atoms with Crippen LogP contribution in [0.5, 0.6) is 17.2 Å². The van der Waals surface area contributed by atoms with E-state index in [0.29, 0.717) is 48.9 Å². The van der Waals surface area contributed by atoms with Crippen molar-refractivity contribution in [2.75, 3.05) is 35.8 Å². The zero-order valence-electron chi connectivity index (χ0n) is 80.4. The van der Waals surface area contributed by atoms with Crippen LogP contribution in [0.15, 0.2) is 164 Å². The molecule has 36 nitrogen and oxygen atoms in total. The fourth-order valence-corrected chi connectivity index (χ4v) is 14.6. The lowest BCUT2D eigenvalue weighted by Gasteiger charge is -2.21. The van der Waals surface area contributed by atoms with Crippen LogP contribution in [0.1, 0.15) is 144 Å². The number of alkyl halides is 18. The molecule has 0 radical (unpaired) electrons. The van der Waals surface area contributed by atoms with Gasteiger partial charge in [0.25, 0.3) is 0 Å². The van der Waals surface area contributed by atoms with Crippen LogP contribution in [0.2, 0.25) is 0 Å². The number of amides is 3. The number of carbonyl (C=O) groups is 9. The number of hydrogen-bond donors (Lipinski definition) is 15. The Kier molecular flexibility index (Phi) is 47.4.